The van der Waals surface area contributed by atoms with Crippen LogP contribution in [0.25, 0.3) is 32.6 Å². The number of thiazole rings is 1. The van der Waals surface area contributed by atoms with Crippen molar-refractivity contribution in [1.82, 2.24) is 9.97 Å². The third-order valence-corrected chi connectivity index (χ3v) is 4.89. The summed E-state index contributed by atoms with van der Waals surface area (Å²) in [6.07, 6.45) is 1.87. The van der Waals surface area contributed by atoms with Crippen LogP contribution in [0.5, 0.6) is 0 Å². The van der Waals surface area contributed by atoms with E-state index in [1.165, 1.54) is 27.0 Å². The van der Waals surface area contributed by atoms with Crippen LogP contribution in [0.15, 0.2) is 60.2 Å². The zero-order valence-corrected chi connectivity index (χ0v) is 13.9. The first-order valence-corrected chi connectivity index (χ1v) is 8.46. The lowest BCUT2D eigenvalue weighted by Crippen LogP contribution is -1.92. The molecule has 0 fully saturated rings. The Kier molecular flexibility index (Phi) is 3.43. The molecule has 0 unspecified atom stereocenters. The van der Waals surface area contributed by atoms with Crippen molar-refractivity contribution in [3.05, 3.63) is 71.4 Å². The fourth-order valence-corrected chi connectivity index (χ4v) is 3.58. The highest BCUT2D eigenvalue weighted by atomic mass is 32.1. The van der Waals surface area contributed by atoms with Crippen molar-refractivity contribution in [3.63, 3.8) is 0 Å². The smallest absolute Gasteiger partial charge is 0.0812 e. The largest absolute Gasteiger partial charge is 0.256 e. The first-order chi connectivity index (χ1) is 11.2. The Morgan fingerprint density at radius 2 is 1.78 bits per heavy atom. The van der Waals surface area contributed by atoms with Crippen LogP contribution in [0.3, 0.4) is 0 Å². The molecule has 0 aliphatic rings. The number of fused-ring (bicyclic) bond motifs is 1. The van der Waals surface area contributed by atoms with Crippen LogP contribution in [0, 0.1) is 13.8 Å². The second-order valence-corrected chi connectivity index (χ2v) is 6.64. The molecule has 0 saturated carbocycles. The lowest BCUT2D eigenvalue weighted by Gasteiger charge is -2.12. The second kappa shape index (κ2) is 5.60. The van der Waals surface area contributed by atoms with Crippen LogP contribution in [0.2, 0.25) is 0 Å². The van der Waals surface area contributed by atoms with Gasteiger partial charge in [-0.05, 0) is 49.2 Å². The summed E-state index contributed by atoms with van der Waals surface area (Å²) < 4.78 is 1.21. The maximum absolute atomic E-state index is 4.68. The van der Waals surface area contributed by atoms with Crippen LogP contribution in [0.1, 0.15) is 11.1 Å². The number of hydrogen-bond donors (Lipinski definition) is 0. The number of aromatic nitrogens is 2. The van der Waals surface area contributed by atoms with Crippen molar-refractivity contribution in [2.24, 2.45) is 0 Å². The summed E-state index contributed by atoms with van der Waals surface area (Å²) in [6.45, 7) is 4.26. The van der Waals surface area contributed by atoms with E-state index in [0.717, 1.165) is 16.8 Å². The number of aryl methyl sites for hydroxylation is 2. The van der Waals surface area contributed by atoms with E-state index in [0.29, 0.717) is 0 Å². The minimum absolute atomic E-state index is 1.04. The van der Waals surface area contributed by atoms with Gasteiger partial charge in [-0.1, -0.05) is 29.8 Å². The first kappa shape index (κ1) is 14.1. The lowest BCUT2D eigenvalue weighted by molar-refractivity contribution is 1.29. The summed E-state index contributed by atoms with van der Waals surface area (Å²) in [7, 11) is 0. The lowest BCUT2D eigenvalue weighted by atomic mass is 9.95. The monoisotopic (exact) mass is 316 g/mol. The number of nitrogens with zero attached hydrogens (tertiary/aromatic N) is 2. The average Bonchev–Trinajstić information content (AvgIpc) is 3.05. The number of pyridine rings is 1. The molecule has 0 N–H and O–H groups in total. The van der Waals surface area contributed by atoms with E-state index in [-0.39, 0.29) is 0 Å². The summed E-state index contributed by atoms with van der Waals surface area (Å²) in [5, 5.41) is 0. The zero-order chi connectivity index (χ0) is 15.8. The molecule has 2 aromatic heterocycles. The van der Waals surface area contributed by atoms with Gasteiger partial charge in [0.2, 0.25) is 0 Å². The van der Waals surface area contributed by atoms with Crippen molar-refractivity contribution in [3.8, 4) is 22.4 Å². The van der Waals surface area contributed by atoms with Gasteiger partial charge in [0.05, 0.1) is 21.4 Å². The van der Waals surface area contributed by atoms with Gasteiger partial charge < -0.3 is 0 Å². The molecule has 0 aliphatic heterocycles. The predicted octanol–water partition coefficient (Wildman–Crippen LogP) is 5.64. The first-order valence-electron chi connectivity index (χ1n) is 7.58. The van der Waals surface area contributed by atoms with Gasteiger partial charge in [-0.25, -0.2) is 4.98 Å². The van der Waals surface area contributed by atoms with Gasteiger partial charge in [-0.15, -0.1) is 11.3 Å². The molecule has 0 amide bonds. The fraction of sp³-hybridized carbons (Fsp3) is 0.100. The fourth-order valence-electron chi connectivity index (χ4n) is 2.87. The quantitative estimate of drug-likeness (QED) is 0.478. The Balaban J connectivity index is 1.94. The van der Waals surface area contributed by atoms with Crippen LogP contribution in [-0.2, 0) is 0 Å². The minimum atomic E-state index is 1.04. The normalized spacial score (nSPS) is 11.0. The molecule has 2 heterocycles. The molecule has 0 radical (unpaired) electrons. The van der Waals surface area contributed by atoms with E-state index in [1.54, 1.807) is 11.3 Å². The molecule has 2 aromatic carbocycles. The Bertz CT molecular complexity index is 1000. The highest BCUT2D eigenvalue weighted by molar-refractivity contribution is 7.16. The number of rotatable bonds is 2. The Morgan fingerprint density at radius 1 is 0.870 bits per heavy atom. The van der Waals surface area contributed by atoms with E-state index >= 15 is 0 Å². The van der Waals surface area contributed by atoms with Crippen molar-refractivity contribution in [2.45, 2.75) is 13.8 Å². The molecular weight excluding hydrogens is 300 g/mol. The Morgan fingerprint density at radius 3 is 2.70 bits per heavy atom. The molecule has 0 aliphatic carbocycles. The van der Waals surface area contributed by atoms with E-state index in [9.17, 15) is 0 Å². The maximum Gasteiger partial charge on any atom is 0.0812 e. The summed E-state index contributed by atoms with van der Waals surface area (Å²) in [5.74, 6) is 0. The van der Waals surface area contributed by atoms with Crippen molar-refractivity contribution in [2.75, 3.05) is 0 Å². The molecule has 23 heavy (non-hydrogen) atoms. The maximum atomic E-state index is 4.68. The molecule has 4 aromatic rings. The van der Waals surface area contributed by atoms with Gasteiger partial charge in [-0.3, -0.25) is 4.98 Å². The van der Waals surface area contributed by atoms with Crippen molar-refractivity contribution in [1.29, 1.82) is 0 Å². The molecule has 0 bridgehead atoms. The molecule has 112 valence electrons. The van der Waals surface area contributed by atoms with Crippen molar-refractivity contribution >= 4 is 21.6 Å². The van der Waals surface area contributed by atoms with Crippen LogP contribution >= 0.6 is 11.3 Å². The Hall–Kier alpha value is -2.52. The molecule has 0 saturated heterocycles. The topological polar surface area (TPSA) is 25.8 Å². The Labute approximate surface area is 139 Å². The van der Waals surface area contributed by atoms with Gasteiger partial charge >= 0.3 is 0 Å². The van der Waals surface area contributed by atoms with E-state index in [1.807, 2.05) is 17.8 Å². The highest BCUT2D eigenvalue weighted by Crippen LogP contribution is 2.34. The van der Waals surface area contributed by atoms with Crippen molar-refractivity contribution < 1.29 is 0 Å². The molecule has 2 nitrogen and oxygen atoms in total. The van der Waals surface area contributed by atoms with Crippen LogP contribution < -0.4 is 0 Å². The van der Waals surface area contributed by atoms with Crippen LogP contribution in [0.4, 0.5) is 0 Å². The van der Waals surface area contributed by atoms with Crippen LogP contribution in [-0.4, -0.2) is 9.97 Å². The van der Waals surface area contributed by atoms with E-state index in [2.05, 4.69) is 66.3 Å². The molecule has 4 rings (SSSR count). The van der Waals surface area contributed by atoms with Gasteiger partial charge in [0.1, 0.15) is 0 Å². The molecular formula is C20H16N2S. The second-order valence-electron chi connectivity index (χ2n) is 5.75. The SMILES string of the molecule is Cc1ccc(C)c(-c2ncccc2-c2ccc3ncsc3c2)c1. The standard InChI is InChI=1S/C20H16N2S/c1-13-5-6-14(2)17(10-13)20-16(4-3-9-21-20)15-7-8-18-19(11-15)23-12-22-18/h3-12H,1-2H3. The van der Waals surface area contributed by atoms with Gasteiger partial charge in [0, 0.05) is 17.3 Å². The van der Waals surface area contributed by atoms with E-state index in [4.69, 9.17) is 0 Å². The van der Waals surface area contributed by atoms with Gasteiger partial charge in [0.25, 0.3) is 0 Å². The molecule has 3 heteroatoms. The number of benzene rings is 2. The minimum Gasteiger partial charge on any atom is -0.256 e. The summed E-state index contributed by atoms with van der Waals surface area (Å²) >= 11 is 1.67. The van der Waals surface area contributed by atoms with Gasteiger partial charge in [0.15, 0.2) is 0 Å². The molecule has 0 atom stereocenters. The zero-order valence-electron chi connectivity index (χ0n) is 13.1. The predicted molar refractivity (Wildman–Crippen MR) is 97.8 cm³/mol. The third-order valence-electron chi connectivity index (χ3n) is 4.10. The molecule has 0 spiro atoms. The highest BCUT2D eigenvalue weighted by Gasteiger charge is 2.12. The average molecular weight is 316 g/mol. The summed E-state index contributed by atoms with van der Waals surface area (Å²) in [5.41, 5.74) is 10.0. The summed E-state index contributed by atoms with van der Waals surface area (Å²) in [6, 6.07) is 17.1. The number of hydrogen-bond acceptors (Lipinski definition) is 3. The summed E-state index contributed by atoms with van der Waals surface area (Å²) in [4.78, 5) is 9.05. The van der Waals surface area contributed by atoms with E-state index < -0.39 is 0 Å². The van der Waals surface area contributed by atoms with Gasteiger partial charge in [-0.2, -0.15) is 0 Å². The third kappa shape index (κ3) is 2.53.